The van der Waals surface area contributed by atoms with Crippen molar-refractivity contribution in [3.8, 4) is 33.5 Å². The first-order valence-corrected chi connectivity index (χ1v) is 19.9. The summed E-state index contributed by atoms with van der Waals surface area (Å²) in [5, 5.41) is 15.9. The highest BCUT2D eigenvalue weighted by Crippen LogP contribution is 2.46. The number of pyridine rings is 1. The number of hydrogen-bond donors (Lipinski definition) is 0. The van der Waals surface area contributed by atoms with Crippen LogP contribution in [-0.2, 0) is 0 Å². The largest absolute Gasteiger partial charge is 0.456 e. The predicted molar refractivity (Wildman–Crippen MR) is 239 cm³/mol. The van der Waals surface area contributed by atoms with E-state index in [0.717, 1.165) is 60.6 Å². The molecule has 3 heterocycles. The maximum atomic E-state index is 6.49. The number of hydrogen-bond acceptors (Lipinski definition) is 3. The lowest BCUT2D eigenvalue weighted by molar-refractivity contribution is 0.669. The minimum atomic E-state index is 0.887. The summed E-state index contributed by atoms with van der Waals surface area (Å²) in [5.41, 5.74) is 9.58. The highest BCUT2D eigenvalue weighted by Gasteiger charge is 2.21. The molecule has 0 bridgehead atoms. The normalized spacial score (nSPS) is 12.3. The fourth-order valence-corrected chi connectivity index (χ4v) is 10.7. The van der Waals surface area contributed by atoms with Crippen molar-refractivity contribution < 1.29 is 4.42 Å². The molecule has 0 aliphatic heterocycles. The Morgan fingerprint density at radius 2 is 1.00 bits per heavy atom. The number of furan rings is 1. The monoisotopic (exact) mass is 727 g/mol. The van der Waals surface area contributed by atoms with E-state index in [1.165, 1.54) is 69.0 Å². The minimum Gasteiger partial charge on any atom is -0.456 e. The van der Waals surface area contributed by atoms with Crippen LogP contribution in [0, 0.1) is 0 Å². The summed E-state index contributed by atoms with van der Waals surface area (Å²) < 4.78 is 9.14. The van der Waals surface area contributed by atoms with Crippen LogP contribution in [-0.4, -0.2) is 4.98 Å². The molecule has 3 heteroatoms. The number of rotatable bonds is 3. The molecule has 0 aliphatic carbocycles. The Morgan fingerprint density at radius 3 is 1.80 bits per heavy atom. The third-order valence-corrected chi connectivity index (χ3v) is 13.2. The molecule has 0 aliphatic rings. The maximum Gasteiger partial charge on any atom is 0.136 e. The number of thiophene rings is 1. The highest BCUT2D eigenvalue weighted by atomic mass is 32.1. The molecule has 0 N–H and O–H groups in total. The molecule has 0 amide bonds. The van der Waals surface area contributed by atoms with E-state index in [-0.39, 0.29) is 0 Å². The Bertz CT molecular complexity index is 3690. The van der Waals surface area contributed by atoms with Gasteiger partial charge in [-0.05, 0) is 85.4 Å². The molecule has 56 heavy (non-hydrogen) atoms. The first kappa shape index (κ1) is 30.3. The van der Waals surface area contributed by atoms with Gasteiger partial charge in [-0.2, -0.15) is 0 Å². The van der Waals surface area contributed by atoms with Gasteiger partial charge in [-0.15, -0.1) is 11.3 Å². The van der Waals surface area contributed by atoms with Gasteiger partial charge in [-0.25, -0.2) is 4.98 Å². The second kappa shape index (κ2) is 11.2. The van der Waals surface area contributed by atoms with Crippen LogP contribution < -0.4 is 0 Å². The lowest BCUT2D eigenvalue weighted by Gasteiger charge is -2.16. The zero-order chi connectivity index (χ0) is 36.5. The molecule has 0 saturated carbocycles. The zero-order valence-corrected chi connectivity index (χ0v) is 30.8. The Morgan fingerprint density at radius 1 is 0.375 bits per heavy atom. The van der Waals surface area contributed by atoms with Crippen LogP contribution in [0.5, 0.6) is 0 Å². The van der Waals surface area contributed by atoms with Crippen molar-refractivity contribution in [1.29, 1.82) is 0 Å². The summed E-state index contributed by atoms with van der Waals surface area (Å²) in [5.74, 6) is 0. The highest BCUT2D eigenvalue weighted by molar-refractivity contribution is 7.26. The van der Waals surface area contributed by atoms with E-state index in [1.54, 1.807) is 0 Å². The summed E-state index contributed by atoms with van der Waals surface area (Å²) in [4.78, 5) is 5.67. The number of nitrogens with zero attached hydrogens (tertiary/aromatic N) is 1. The van der Waals surface area contributed by atoms with E-state index >= 15 is 0 Å². The molecule has 0 spiro atoms. The Labute approximate surface area is 324 Å². The van der Waals surface area contributed by atoms with Crippen molar-refractivity contribution in [3.05, 3.63) is 176 Å². The van der Waals surface area contributed by atoms with E-state index < -0.39 is 0 Å². The molecule has 13 rings (SSSR count). The van der Waals surface area contributed by atoms with Crippen LogP contribution in [0.3, 0.4) is 0 Å². The Hall–Kier alpha value is -7.07. The van der Waals surface area contributed by atoms with E-state index in [4.69, 9.17) is 9.40 Å². The van der Waals surface area contributed by atoms with E-state index in [9.17, 15) is 0 Å². The topological polar surface area (TPSA) is 26.0 Å². The molecule has 0 radical (unpaired) electrons. The van der Waals surface area contributed by atoms with Gasteiger partial charge in [0, 0.05) is 58.2 Å². The number of para-hydroxylation sites is 2. The van der Waals surface area contributed by atoms with Crippen LogP contribution in [0.2, 0.25) is 0 Å². The second-order valence-corrected chi connectivity index (χ2v) is 16.0. The lowest BCUT2D eigenvalue weighted by Crippen LogP contribution is -1.94. The van der Waals surface area contributed by atoms with E-state index in [2.05, 4.69) is 170 Å². The average molecular weight is 728 g/mol. The molecule has 10 aromatic carbocycles. The molecule has 258 valence electrons. The second-order valence-electron chi connectivity index (χ2n) is 15.0. The third kappa shape index (κ3) is 4.18. The summed E-state index contributed by atoms with van der Waals surface area (Å²) in [7, 11) is 0. The molecule has 0 fully saturated rings. The molecule has 3 aromatic heterocycles. The van der Waals surface area contributed by atoms with Crippen molar-refractivity contribution in [2.75, 3.05) is 0 Å². The van der Waals surface area contributed by atoms with Gasteiger partial charge in [0.1, 0.15) is 11.2 Å². The fraction of sp³-hybridized carbons (Fsp3) is 0. The van der Waals surface area contributed by atoms with Gasteiger partial charge < -0.3 is 4.42 Å². The molecule has 0 unspecified atom stereocenters. The van der Waals surface area contributed by atoms with Crippen molar-refractivity contribution in [2.24, 2.45) is 0 Å². The van der Waals surface area contributed by atoms with Crippen LogP contribution in [0.1, 0.15) is 0 Å². The molecule has 2 nitrogen and oxygen atoms in total. The Kier molecular flexibility index (Phi) is 6.07. The van der Waals surface area contributed by atoms with Crippen molar-refractivity contribution in [1.82, 2.24) is 4.98 Å². The Balaban J connectivity index is 1.07. The van der Waals surface area contributed by atoms with E-state index in [1.807, 2.05) is 17.4 Å². The molecule has 13 aromatic rings. The predicted octanol–water partition coefficient (Wildman–Crippen LogP) is 15.6. The SMILES string of the molecule is c1cc2ccc3cc(-c4nc5c(-c6ccc(-c7cccc8c7sc7ccccc78)cc6)cccc5c5c4ccc4oc6ccccc6c45)cc4ccc(c1)c2c34. The maximum absolute atomic E-state index is 6.49. The van der Waals surface area contributed by atoms with Gasteiger partial charge in [0.05, 0.1) is 11.2 Å². The minimum absolute atomic E-state index is 0.887. The van der Waals surface area contributed by atoms with Crippen LogP contribution >= 0.6 is 11.3 Å². The van der Waals surface area contributed by atoms with Crippen LogP contribution in [0.15, 0.2) is 180 Å². The van der Waals surface area contributed by atoms with Gasteiger partial charge in [-0.1, -0.05) is 140 Å². The van der Waals surface area contributed by atoms with Gasteiger partial charge in [0.2, 0.25) is 0 Å². The number of benzene rings is 10. The standard InChI is InChI=1S/C53H29NOS/c1-3-16-44-41(11-1)50-45(55-44)27-26-43-49(50)42-15-6-12-37(30-18-20-31(21-19-30)38-13-7-14-40-39-10-2-4-17-46(39)56-53(38)40)52(42)54-51(43)36-28-34-24-22-32-8-5-9-33-23-25-35(29-36)48(34)47(32)33/h1-29H. The summed E-state index contributed by atoms with van der Waals surface area (Å²) in [6.07, 6.45) is 0. The van der Waals surface area contributed by atoms with Gasteiger partial charge in [-0.3, -0.25) is 0 Å². The number of aromatic nitrogens is 1. The van der Waals surface area contributed by atoms with Gasteiger partial charge in [0.15, 0.2) is 0 Å². The molecule has 0 saturated heterocycles. The average Bonchev–Trinajstić information content (AvgIpc) is 3.84. The van der Waals surface area contributed by atoms with E-state index in [0.29, 0.717) is 0 Å². The lowest BCUT2D eigenvalue weighted by atomic mass is 9.90. The smallest absolute Gasteiger partial charge is 0.136 e. The van der Waals surface area contributed by atoms with Crippen molar-refractivity contribution >= 4 is 107 Å². The molecular formula is C53H29NOS. The summed E-state index contributed by atoms with van der Waals surface area (Å²) >= 11 is 1.87. The summed E-state index contributed by atoms with van der Waals surface area (Å²) in [6, 6.07) is 64.1. The van der Waals surface area contributed by atoms with Crippen molar-refractivity contribution in [2.45, 2.75) is 0 Å². The van der Waals surface area contributed by atoms with Crippen molar-refractivity contribution in [3.63, 3.8) is 0 Å². The van der Waals surface area contributed by atoms with Crippen LogP contribution in [0.4, 0.5) is 0 Å². The van der Waals surface area contributed by atoms with Gasteiger partial charge in [0.25, 0.3) is 0 Å². The third-order valence-electron chi connectivity index (χ3n) is 12.0. The molecular weight excluding hydrogens is 699 g/mol. The zero-order valence-electron chi connectivity index (χ0n) is 30.0. The molecule has 0 atom stereocenters. The quantitative estimate of drug-likeness (QED) is 0.169. The first-order chi connectivity index (χ1) is 27.7. The fourth-order valence-electron chi connectivity index (χ4n) is 9.48. The van der Waals surface area contributed by atoms with Gasteiger partial charge >= 0.3 is 0 Å². The van der Waals surface area contributed by atoms with Crippen LogP contribution in [0.25, 0.3) is 130 Å². The first-order valence-electron chi connectivity index (χ1n) is 19.1. The summed E-state index contributed by atoms with van der Waals surface area (Å²) in [6.45, 7) is 0. The number of fused-ring (bicyclic) bond motifs is 10.